The number of likely N-dealkylation sites (tertiary alicyclic amines) is 1. The molecule has 3 heterocycles. The zero-order chi connectivity index (χ0) is 16.4. The van der Waals surface area contributed by atoms with Crippen molar-refractivity contribution in [2.45, 2.75) is 6.42 Å². The van der Waals surface area contributed by atoms with E-state index in [0.29, 0.717) is 30.5 Å². The van der Waals surface area contributed by atoms with Gasteiger partial charge in [0, 0.05) is 36.8 Å². The average Bonchev–Trinajstić information content (AvgIpc) is 3.29. The molecule has 1 aliphatic rings. The SMILES string of the molecule is O=C(c1ccc2nsnc2c1)N1CCC(COc2ccccn2)C1. The van der Waals surface area contributed by atoms with Crippen LogP contribution in [0.3, 0.4) is 0 Å². The largest absolute Gasteiger partial charge is 0.477 e. The van der Waals surface area contributed by atoms with Crippen molar-refractivity contribution in [1.29, 1.82) is 0 Å². The highest BCUT2D eigenvalue weighted by Crippen LogP contribution is 2.21. The van der Waals surface area contributed by atoms with E-state index >= 15 is 0 Å². The molecular formula is C17H16N4O2S. The average molecular weight is 340 g/mol. The Morgan fingerprint density at radius 3 is 3.04 bits per heavy atom. The van der Waals surface area contributed by atoms with Gasteiger partial charge >= 0.3 is 0 Å². The number of fused-ring (bicyclic) bond motifs is 1. The summed E-state index contributed by atoms with van der Waals surface area (Å²) in [5.41, 5.74) is 2.28. The number of nitrogens with zero attached hydrogens (tertiary/aromatic N) is 4. The van der Waals surface area contributed by atoms with Crippen LogP contribution >= 0.6 is 11.7 Å². The molecule has 1 amide bonds. The molecule has 7 heteroatoms. The Balaban J connectivity index is 1.38. The first-order chi connectivity index (χ1) is 11.8. The van der Waals surface area contributed by atoms with Crippen LogP contribution in [0.1, 0.15) is 16.8 Å². The van der Waals surface area contributed by atoms with Crippen molar-refractivity contribution in [1.82, 2.24) is 18.6 Å². The minimum Gasteiger partial charge on any atom is -0.477 e. The normalized spacial score (nSPS) is 17.3. The summed E-state index contributed by atoms with van der Waals surface area (Å²) in [6.07, 6.45) is 2.66. The zero-order valence-corrected chi connectivity index (χ0v) is 13.8. The third-order valence-electron chi connectivity index (χ3n) is 4.18. The summed E-state index contributed by atoms with van der Waals surface area (Å²) in [4.78, 5) is 18.7. The Morgan fingerprint density at radius 2 is 2.17 bits per heavy atom. The van der Waals surface area contributed by atoms with Crippen molar-refractivity contribution >= 4 is 28.7 Å². The van der Waals surface area contributed by atoms with E-state index in [1.807, 2.05) is 41.3 Å². The predicted molar refractivity (Wildman–Crippen MR) is 91.2 cm³/mol. The zero-order valence-electron chi connectivity index (χ0n) is 13.0. The van der Waals surface area contributed by atoms with E-state index in [-0.39, 0.29) is 5.91 Å². The molecule has 0 spiro atoms. The molecule has 0 saturated carbocycles. The minimum atomic E-state index is 0.0465. The maximum atomic E-state index is 12.7. The number of rotatable bonds is 4. The molecule has 0 radical (unpaired) electrons. The minimum absolute atomic E-state index is 0.0465. The summed E-state index contributed by atoms with van der Waals surface area (Å²) in [5.74, 6) is 1.01. The van der Waals surface area contributed by atoms with E-state index in [9.17, 15) is 4.79 Å². The van der Waals surface area contributed by atoms with E-state index in [4.69, 9.17) is 4.74 Å². The van der Waals surface area contributed by atoms with Gasteiger partial charge in [0.2, 0.25) is 5.88 Å². The van der Waals surface area contributed by atoms with Gasteiger partial charge in [-0.15, -0.1) is 0 Å². The maximum absolute atomic E-state index is 12.7. The summed E-state index contributed by atoms with van der Waals surface area (Å²) >= 11 is 1.16. The molecule has 1 unspecified atom stereocenters. The summed E-state index contributed by atoms with van der Waals surface area (Å²) in [6.45, 7) is 2.04. The van der Waals surface area contributed by atoms with Crippen molar-refractivity contribution < 1.29 is 9.53 Å². The molecule has 4 rings (SSSR count). The van der Waals surface area contributed by atoms with Gasteiger partial charge in [0.05, 0.1) is 18.3 Å². The van der Waals surface area contributed by atoms with Crippen molar-refractivity contribution in [2.75, 3.05) is 19.7 Å². The summed E-state index contributed by atoms with van der Waals surface area (Å²) in [6, 6.07) is 11.1. The van der Waals surface area contributed by atoms with Crippen LogP contribution < -0.4 is 4.74 Å². The lowest BCUT2D eigenvalue weighted by atomic mass is 10.1. The molecule has 1 atom stereocenters. The molecule has 24 heavy (non-hydrogen) atoms. The molecule has 1 aliphatic heterocycles. The smallest absolute Gasteiger partial charge is 0.253 e. The molecule has 3 aromatic rings. The topological polar surface area (TPSA) is 68.2 Å². The lowest BCUT2D eigenvalue weighted by molar-refractivity contribution is 0.0783. The van der Waals surface area contributed by atoms with Gasteiger partial charge in [-0.25, -0.2) is 4.98 Å². The maximum Gasteiger partial charge on any atom is 0.253 e. The Bertz CT molecular complexity index is 852. The predicted octanol–water partition coefficient (Wildman–Crippen LogP) is 2.63. The van der Waals surface area contributed by atoms with E-state index in [0.717, 1.165) is 35.7 Å². The molecule has 0 aliphatic carbocycles. The number of aromatic nitrogens is 3. The standard InChI is InChI=1S/C17H16N4O2S/c22-17(13-4-5-14-15(9-13)20-24-19-14)21-8-6-12(10-21)11-23-16-3-1-2-7-18-16/h1-5,7,9,12H,6,8,10-11H2. The van der Waals surface area contributed by atoms with Crippen molar-refractivity contribution in [3.05, 3.63) is 48.2 Å². The van der Waals surface area contributed by atoms with Gasteiger partial charge in [-0.05, 0) is 30.7 Å². The second kappa shape index (κ2) is 6.52. The van der Waals surface area contributed by atoms with Crippen molar-refractivity contribution in [3.63, 3.8) is 0 Å². The van der Waals surface area contributed by atoms with E-state index in [2.05, 4.69) is 13.7 Å². The third kappa shape index (κ3) is 3.07. The van der Waals surface area contributed by atoms with E-state index in [1.165, 1.54) is 0 Å². The number of carbonyl (C=O) groups is 1. The summed E-state index contributed by atoms with van der Waals surface area (Å²) in [5, 5.41) is 0. The number of carbonyl (C=O) groups excluding carboxylic acids is 1. The van der Waals surface area contributed by atoms with Gasteiger partial charge in [-0.2, -0.15) is 8.75 Å². The molecule has 1 fully saturated rings. The Labute approximate surface area is 143 Å². The van der Waals surface area contributed by atoms with Crippen molar-refractivity contribution in [2.24, 2.45) is 5.92 Å². The first kappa shape index (κ1) is 15.0. The highest BCUT2D eigenvalue weighted by atomic mass is 32.1. The van der Waals surface area contributed by atoms with Gasteiger partial charge in [0.25, 0.3) is 5.91 Å². The molecule has 2 aromatic heterocycles. The van der Waals surface area contributed by atoms with Crippen LogP contribution in [0.4, 0.5) is 0 Å². The lowest BCUT2D eigenvalue weighted by Gasteiger charge is -2.16. The van der Waals surface area contributed by atoms with Gasteiger partial charge in [0.1, 0.15) is 11.0 Å². The fourth-order valence-corrected chi connectivity index (χ4v) is 3.40. The van der Waals surface area contributed by atoms with Crippen LogP contribution in [0.2, 0.25) is 0 Å². The number of hydrogen-bond acceptors (Lipinski definition) is 6. The van der Waals surface area contributed by atoms with Crippen LogP contribution in [0.25, 0.3) is 11.0 Å². The molecule has 1 aromatic carbocycles. The monoisotopic (exact) mass is 340 g/mol. The summed E-state index contributed by atoms with van der Waals surface area (Å²) in [7, 11) is 0. The third-order valence-corrected chi connectivity index (χ3v) is 4.74. The highest BCUT2D eigenvalue weighted by Gasteiger charge is 2.27. The van der Waals surface area contributed by atoms with Gasteiger partial charge in [-0.1, -0.05) is 6.07 Å². The fraction of sp³-hybridized carbons (Fsp3) is 0.294. The van der Waals surface area contributed by atoms with Crippen LogP contribution in [0.5, 0.6) is 5.88 Å². The van der Waals surface area contributed by atoms with Crippen LogP contribution in [0.15, 0.2) is 42.6 Å². The quantitative estimate of drug-likeness (QED) is 0.730. The van der Waals surface area contributed by atoms with Crippen LogP contribution in [-0.2, 0) is 0 Å². The van der Waals surface area contributed by atoms with Crippen molar-refractivity contribution in [3.8, 4) is 5.88 Å². The first-order valence-corrected chi connectivity index (χ1v) is 8.58. The van der Waals surface area contributed by atoms with E-state index in [1.54, 1.807) is 6.20 Å². The van der Waals surface area contributed by atoms with Gasteiger partial charge in [-0.3, -0.25) is 4.79 Å². The van der Waals surface area contributed by atoms with E-state index < -0.39 is 0 Å². The van der Waals surface area contributed by atoms with Crippen LogP contribution in [-0.4, -0.2) is 44.2 Å². The number of amides is 1. The first-order valence-electron chi connectivity index (χ1n) is 7.85. The lowest BCUT2D eigenvalue weighted by Crippen LogP contribution is -2.29. The Morgan fingerprint density at radius 1 is 1.25 bits per heavy atom. The molecular weight excluding hydrogens is 324 g/mol. The second-order valence-corrected chi connectivity index (χ2v) is 6.38. The molecule has 122 valence electrons. The Hall–Kier alpha value is -2.54. The summed E-state index contributed by atoms with van der Waals surface area (Å²) < 4.78 is 14.1. The van der Waals surface area contributed by atoms with Crippen LogP contribution in [0, 0.1) is 5.92 Å². The molecule has 6 nitrogen and oxygen atoms in total. The van der Waals surface area contributed by atoms with Gasteiger partial charge in [0.15, 0.2) is 0 Å². The number of pyridine rings is 1. The second-order valence-electron chi connectivity index (χ2n) is 5.85. The Kier molecular flexibility index (Phi) is 4.08. The number of ether oxygens (including phenoxy) is 1. The molecule has 0 bridgehead atoms. The fourth-order valence-electron chi connectivity index (χ4n) is 2.89. The number of benzene rings is 1. The molecule has 0 N–H and O–H groups in total. The highest BCUT2D eigenvalue weighted by molar-refractivity contribution is 7.00. The number of hydrogen-bond donors (Lipinski definition) is 0. The van der Waals surface area contributed by atoms with Gasteiger partial charge < -0.3 is 9.64 Å². The molecule has 1 saturated heterocycles.